The summed E-state index contributed by atoms with van der Waals surface area (Å²) < 4.78 is 2.20. The molecule has 1 atom stereocenters. The van der Waals surface area contributed by atoms with Gasteiger partial charge in [-0.25, -0.2) is 4.79 Å². The van der Waals surface area contributed by atoms with Crippen molar-refractivity contribution in [1.82, 2.24) is 25.5 Å². The molecule has 2 heterocycles. The highest BCUT2D eigenvalue weighted by Gasteiger charge is 2.24. The minimum atomic E-state index is -1.08. The molecule has 0 aliphatic rings. The number of carboxylic acid groups (broad SMARTS) is 1. The summed E-state index contributed by atoms with van der Waals surface area (Å²) in [5.74, 6) is -1.52. The van der Waals surface area contributed by atoms with Crippen LogP contribution < -0.4 is 10.0 Å². The first-order valence-electron chi connectivity index (χ1n) is 11.8. The minimum absolute atomic E-state index is 0.0717. The van der Waals surface area contributed by atoms with E-state index in [-0.39, 0.29) is 11.1 Å². The van der Waals surface area contributed by atoms with Crippen molar-refractivity contribution in [2.75, 3.05) is 0 Å². The molecule has 39 heavy (non-hydrogen) atoms. The lowest BCUT2D eigenvalue weighted by molar-refractivity contribution is -0.615. The zero-order valence-corrected chi connectivity index (χ0v) is 21.1. The second-order valence-corrected chi connectivity index (χ2v) is 9.12. The third-order valence-corrected chi connectivity index (χ3v) is 6.38. The number of pyridine rings is 1. The Labute approximate surface area is 227 Å². The van der Waals surface area contributed by atoms with Gasteiger partial charge in [-0.3, -0.25) is 4.79 Å². The van der Waals surface area contributed by atoms with Crippen LogP contribution in [0.2, 0.25) is 5.02 Å². The normalized spacial score (nSPS) is 11.6. The highest BCUT2D eigenvalue weighted by molar-refractivity contribution is 6.31. The van der Waals surface area contributed by atoms with Crippen LogP contribution in [-0.4, -0.2) is 37.2 Å². The predicted molar refractivity (Wildman–Crippen MR) is 142 cm³/mol. The van der Waals surface area contributed by atoms with Crippen LogP contribution in [-0.2, 0) is 6.42 Å². The summed E-state index contributed by atoms with van der Waals surface area (Å²) in [6.45, 7) is 0. The van der Waals surface area contributed by atoms with Crippen LogP contribution in [0.1, 0.15) is 38.0 Å². The standard InChI is InChI=1S/C28H21ClN6O4/c29-22-11-13-25(34-17-30-32-33-34)23(15-22)21-10-12-26(35(39)16-21)24(14-18-4-2-1-3-5-18)31-27(36)19-6-8-20(9-7-19)28(37)38/h1-13,15-17,24H,14H2,(H,31,36)(H,37,38). The molecule has 0 aliphatic carbocycles. The largest absolute Gasteiger partial charge is 0.618 e. The summed E-state index contributed by atoms with van der Waals surface area (Å²) in [7, 11) is 0. The van der Waals surface area contributed by atoms with Crippen LogP contribution in [0.5, 0.6) is 0 Å². The number of nitrogens with zero attached hydrogens (tertiary/aromatic N) is 5. The van der Waals surface area contributed by atoms with Gasteiger partial charge in [0, 0.05) is 34.2 Å². The molecule has 0 fully saturated rings. The van der Waals surface area contributed by atoms with E-state index >= 15 is 0 Å². The Balaban J connectivity index is 1.49. The average Bonchev–Trinajstić information content (AvgIpc) is 3.48. The van der Waals surface area contributed by atoms with Gasteiger partial charge in [0.1, 0.15) is 12.4 Å². The van der Waals surface area contributed by atoms with E-state index in [2.05, 4.69) is 20.8 Å². The van der Waals surface area contributed by atoms with E-state index in [0.717, 1.165) is 10.3 Å². The number of rotatable bonds is 8. The van der Waals surface area contributed by atoms with Crippen molar-refractivity contribution in [2.45, 2.75) is 12.5 Å². The molecule has 0 saturated carbocycles. The lowest BCUT2D eigenvalue weighted by atomic mass is 10.00. The molecule has 0 bridgehead atoms. The number of hydrogen-bond acceptors (Lipinski definition) is 6. The number of benzene rings is 3. The number of carboxylic acids is 1. The third-order valence-electron chi connectivity index (χ3n) is 6.15. The van der Waals surface area contributed by atoms with E-state index in [0.29, 0.717) is 34.0 Å². The number of aromatic nitrogens is 5. The topological polar surface area (TPSA) is 137 Å². The smallest absolute Gasteiger partial charge is 0.335 e. The van der Waals surface area contributed by atoms with E-state index in [4.69, 9.17) is 16.7 Å². The van der Waals surface area contributed by atoms with Crippen molar-refractivity contribution >= 4 is 23.5 Å². The Bertz CT molecular complexity index is 1630. The van der Waals surface area contributed by atoms with Gasteiger partial charge in [-0.1, -0.05) is 41.9 Å². The molecule has 0 spiro atoms. The second-order valence-electron chi connectivity index (χ2n) is 8.68. The first-order chi connectivity index (χ1) is 18.9. The van der Waals surface area contributed by atoms with E-state index in [1.165, 1.54) is 41.5 Å². The fourth-order valence-corrected chi connectivity index (χ4v) is 4.39. The Morgan fingerprint density at radius 3 is 2.41 bits per heavy atom. The van der Waals surface area contributed by atoms with Gasteiger partial charge in [-0.05, 0) is 64.5 Å². The molecule has 0 saturated heterocycles. The van der Waals surface area contributed by atoms with Crippen molar-refractivity contribution in [2.24, 2.45) is 0 Å². The summed E-state index contributed by atoms with van der Waals surface area (Å²) >= 11 is 6.26. The molecule has 1 unspecified atom stereocenters. The molecule has 3 aromatic carbocycles. The van der Waals surface area contributed by atoms with Gasteiger partial charge >= 0.3 is 5.97 Å². The van der Waals surface area contributed by atoms with E-state index in [9.17, 15) is 14.8 Å². The van der Waals surface area contributed by atoms with E-state index < -0.39 is 17.9 Å². The minimum Gasteiger partial charge on any atom is -0.618 e. The second kappa shape index (κ2) is 11.1. The molecule has 2 aromatic heterocycles. The number of aromatic carboxylic acids is 1. The monoisotopic (exact) mass is 540 g/mol. The van der Waals surface area contributed by atoms with Crippen LogP contribution in [0, 0.1) is 5.21 Å². The van der Waals surface area contributed by atoms with Crippen LogP contribution in [0.3, 0.4) is 0 Å². The number of amides is 1. The number of tetrazole rings is 1. The molecular formula is C28H21ClN6O4. The zero-order valence-electron chi connectivity index (χ0n) is 20.3. The Kier molecular flexibility index (Phi) is 7.28. The molecular weight excluding hydrogens is 520 g/mol. The highest BCUT2D eigenvalue weighted by atomic mass is 35.5. The molecule has 0 aliphatic heterocycles. The van der Waals surface area contributed by atoms with Gasteiger partial charge in [-0.15, -0.1) is 5.10 Å². The maximum atomic E-state index is 13.4. The van der Waals surface area contributed by atoms with Gasteiger partial charge in [0.15, 0.2) is 6.20 Å². The van der Waals surface area contributed by atoms with Gasteiger partial charge in [-0.2, -0.15) is 9.41 Å². The van der Waals surface area contributed by atoms with Crippen LogP contribution >= 0.6 is 11.6 Å². The van der Waals surface area contributed by atoms with Crippen LogP contribution in [0.15, 0.2) is 97.5 Å². The molecule has 1 amide bonds. The third kappa shape index (κ3) is 5.76. The number of carbonyl (C=O) groups is 2. The first kappa shape index (κ1) is 25.6. The summed E-state index contributed by atoms with van der Waals surface area (Å²) in [5.41, 5.74) is 3.45. The molecule has 10 nitrogen and oxygen atoms in total. The van der Waals surface area contributed by atoms with E-state index in [1.807, 2.05) is 30.3 Å². The Hall–Kier alpha value is -5.09. The van der Waals surface area contributed by atoms with Crippen molar-refractivity contribution < 1.29 is 19.4 Å². The maximum absolute atomic E-state index is 13.4. The predicted octanol–water partition coefficient (Wildman–Crippen LogP) is 4.03. The summed E-state index contributed by atoms with van der Waals surface area (Å²) in [6.07, 6.45) is 3.22. The van der Waals surface area contributed by atoms with Crippen molar-refractivity contribution in [1.29, 1.82) is 0 Å². The molecule has 0 radical (unpaired) electrons. The van der Waals surface area contributed by atoms with Crippen molar-refractivity contribution in [3.63, 3.8) is 0 Å². The summed E-state index contributed by atoms with van der Waals surface area (Å²) in [6, 6.07) is 23.0. The lowest BCUT2D eigenvalue weighted by Crippen LogP contribution is -2.40. The van der Waals surface area contributed by atoms with Crippen LogP contribution in [0.4, 0.5) is 0 Å². The fourth-order valence-electron chi connectivity index (χ4n) is 4.22. The molecule has 5 aromatic rings. The number of hydrogen-bond donors (Lipinski definition) is 2. The molecule has 11 heteroatoms. The van der Waals surface area contributed by atoms with E-state index in [1.54, 1.807) is 30.3 Å². The number of halogens is 1. The maximum Gasteiger partial charge on any atom is 0.335 e. The SMILES string of the molecule is O=C(O)c1ccc(C(=O)NC(Cc2ccccc2)c2ccc(-c3cc(Cl)ccc3-n3cnnn3)c[n+]2[O-])cc1. The average molecular weight is 541 g/mol. The van der Waals surface area contributed by atoms with Crippen molar-refractivity contribution in [3.05, 3.63) is 130 Å². The van der Waals surface area contributed by atoms with Gasteiger partial charge in [0.2, 0.25) is 5.69 Å². The van der Waals surface area contributed by atoms with Gasteiger partial charge < -0.3 is 15.6 Å². The number of carbonyl (C=O) groups excluding carboxylic acids is 1. The van der Waals surface area contributed by atoms with Gasteiger partial charge in [0.25, 0.3) is 5.91 Å². The molecule has 194 valence electrons. The highest BCUT2D eigenvalue weighted by Crippen LogP contribution is 2.29. The quantitative estimate of drug-likeness (QED) is 0.224. The Morgan fingerprint density at radius 2 is 1.74 bits per heavy atom. The molecule has 5 rings (SSSR count). The summed E-state index contributed by atoms with van der Waals surface area (Å²) in [4.78, 5) is 24.3. The molecule has 2 N–H and O–H groups in total. The Morgan fingerprint density at radius 1 is 1.00 bits per heavy atom. The van der Waals surface area contributed by atoms with Crippen LogP contribution in [0.25, 0.3) is 16.8 Å². The van der Waals surface area contributed by atoms with Crippen molar-refractivity contribution in [3.8, 4) is 16.8 Å². The first-order valence-corrected chi connectivity index (χ1v) is 12.2. The fraction of sp³-hybridized carbons (Fsp3) is 0.0714. The summed E-state index contributed by atoms with van der Waals surface area (Å²) in [5, 5.41) is 37.2. The van der Waals surface area contributed by atoms with Gasteiger partial charge in [0.05, 0.1) is 11.3 Å². The zero-order chi connectivity index (χ0) is 27.4. The lowest BCUT2D eigenvalue weighted by Gasteiger charge is -2.19. The number of nitrogens with one attached hydrogen (secondary N) is 1.